The van der Waals surface area contributed by atoms with Gasteiger partial charge in [0.15, 0.2) is 0 Å². The molecule has 0 aliphatic carbocycles. The fourth-order valence-corrected chi connectivity index (χ4v) is 3.35. The number of carbonyl (C=O) groups excluding carboxylic acids is 1. The summed E-state index contributed by atoms with van der Waals surface area (Å²) in [7, 11) is 0. The molecule has 1 aromatic heterocycles. The fourth-order valence-electron chi connectivity index (χ4n) is 3.35. The Balaban J connectivity index is 1.45. The summed E-state index contributed by atoms with van der Waals surface area (Å²) in [5.74, 6) is 1.01. The monoisotopic (exact) mass is 352 g/mol. The van der Waals surface area contributed by atoms with Gasteiger partial charge in [-0.1, -0.05) is 17.3 Å². The van der Waals surface area contributed by atoms with E-state index in [0.717, 1.165) is 49.7 Å². The number of nitriles is 1. The minimum absolute atomic E-state index is 0.197. The van der Waals surface area contributed by atoms with Crippen molar-refractivity contribution >= 4 is 5.91 Å². The van der Waals surface area contributed by atoms with Gasteiger partial charge in [0.1, 0.15) is 5.76 Å². The van der Waals surface area contributed by atoms with Gasteiger partial charge in [0.2, 0.25) is 5.91 Å². The average molecular weight is 352 g/mol. The molecule has 1 saturated heterocycles. The molecular weight excluding hydrogens is 328 g/mol. The van der Waals surface area contributed by atoms with Crippen LogP contribution in [0.2, 0.25) is 0 Å². The third-order valence-electron chi connectivity index (χ3n) is 4.98. The van der Waals surface area contributed by atoms with Crippen molar-refractivity contribution in [1.82, 2.24) is 15.0 Å². The molecule has 3 rings (SSSR count). The number of aromatic nitrogens is 1. The van der Waals surface area contributed by atoms with Crippen molar-refractivity contribution < 1.29 is 9.32 Å². The van der Waals surface area contributed by atoms with Crippen LogP contribution in [0, 0.1) is 25.2 Å². The first-order chi connectivity index (χ1) is 12.6. The normalized spacial score (nSPS) is 15.0. The van der Waals surface area contributed by atoms with Crippen molar-refractivity contribution in [2.75, 3.05) is 26.2 Å². The lowest BCUT2D eigenvalue weighted by Crippen LogP contribution is -2.48. The van der Waals surface area contributed by atoms with Crippen molar-refractivity contribution in [3.05, 3.63) is 52.4 Å². The molecule has 0 radical (unpaired) electrons. The number of aryl methyl sites for hydroxylation is 2. The second-order valence-electron chi connectivity index (χ2n) is 6.77. The largest absolute Gasteiger partial charge is 0.361 e. The van der Waals surface area contributed by atoms with Crippen LogP contribution < -0.4 is 0 Å². The van der Waals surface area contributed by atoms with E-state index in [1.54, 1.807) is 0 Å². The second kappa shape index (κ2) is 8.15. The van der Waals surface area contributed by atoms with Crippen LogP contribution in [0.5, 0.6) is 0 Å². The zero-order valence-electron chi connectivity index (χ0n) is 15.4. The summed E-state index contributed by atoms with van der Waals surface area (Å²) in [6.07, 6.45) is 1.18. The molecule has 0 unspecified atom stereocenters. The lowest BCUT2D eigenvalue weighted by molar-refractivity contribution is -0.133. The van der Waals surface area contributed by atoms with Crippen LogP contribution in [0.1, 0.15) is 34.6 Å². The molecule has 2 aromatic rings. The smallest absolute Gasteiger partial charge is 0.222 e. The molecule has 2 heterocycles. The molecule has 0 spiro atoms. The van der Waals surface area contributed by atoms with Crippen LogP contribution in [-0.4, -0.2) is 47.0 Å². The van der Waals surface area contributed by atoms with Gasteiger partial charge in [-0.3, -0.25) is 9.69 Å². The number of nitrogens with zero attached hydrogens (tertiary/aromatic N) is 4. The van der Waals surface area contributed by atoms with Crippen LogP contribution in [0.3, 0.4) is 0 Å². The third-order valence-corrected chi connectivity index (χ3v) is 4.98. The SMILES string of the molecule is Cc1noc(C)c1CCC(=O)N1CCN(Cc2ccc(C#N)cc2)CC1. The van der Waals surface area contributed by atoms with Gasteiger partial charge in [-0.2, -0.15) is 5.26 Å². The van der Waals surface area contributed by atoms with E-state index in [1.165, 1.54) is 5.56 Å². The van der Waals surface area contributed by atoms with Crippen LogP contribution >= 0.6 is 0 Å². The number of benzene rings is 1. The Hall–Kier alpha value is -2.65. The standard InChI is InChI=1S/C20H24N4O2/c1-15-19(16(2)26-22-15)7-8-20(25)24-11-9-23(10-12-24)14-18-5-3-17(13-21)4-6-18/h3-6H,7-12,14H2,1-2H3. The molecule has 1 aliphatic heterocycles. The van der Waals surface area contributed by atoms with E-state index in [1.807, 2.05) is 43.0 Å². The van der Waals surface area contributed by atoms with E-state index in [4.69, 9.17) is 9.78 Å². The molecule has 0 saturated carbocycles. The van der Waals surface area contributed by atoms with Gasteiger partial charge in [0.05, 0.1) is 17.3 Å². The molecule has 1 amide bonds. The number of piperazine rings is 1. The van der Waals surface area contributed by atoms with Crippen LogP contribution in [0.25, 0.3) is 0 Å². The lowest BCUT2D eigenvalue weighted by atomic mass is 10.1. The van der Waals surface area contributed by atoms with Crippen LogP contribution in [0.4, 0.5) is 0 Å². The Morgan fingerprint density at radius 3 is 2.46 bits per heavy atom. The molecule has 6 nitrogen and oxygen atoms in total. The summed E-state index contributed by atoms with van der Waals surface area (Å²) >= 11 is 0. The highest BCUT2D eigenvalue weighted by Gasteiger charge is 2.21. The molecule has 1 fully saturated rings. The summed E-state index contributed by atoms with van der Waals surface area (Å²) < 4.78 is 5.16. The number of amides is 1. The van der Waals surface area contributed by atoms with Gasteiger partial charge < -0.3 is 9.42 Å². The van der Waals surface area contributed by atoms with Gasteiger partial charge in [-0.25, -0.2) is 0 Å². The molecule has 0 atom stereocenters. The van der Waals surface area contributed by atoms with Crippen LogP contribution in [-0.2, 0) is 17.8 Å². The van der Waals surface area contributed by atoms with E-state index >= 15 is 0 Å². The Kier molecular flexibility index (Phi) is 5.69. The van der Waals surface area contributed by atoms with E-state index in [0.29, 0.717) is 18.4 Å². The Morgan fingerprint density at radius 2 is 1.88 bits per heavy atom. The zero-order valence-corrected chi connectivity index (χ0v) is 15.4. The number of hydrogen-bond acceptors (Lipinski definition) is 5. The van der Waals surface area contributed by atoms with Crippen molar-refractivity contribution in [1.29, 1.82) is 5.26 Å². The molecule has 0 N–H and O–H groups in total. The van der Waals surface area contributed by atoms with Crippen molar-refractivity contribution in [3.63, 3.8) is 0 Å². The van der Waals surface area contributed by atoms with Gasteiger partial charge in [-0.05, 0) is 38.0 Å². The highest BCUT2D eigenvalue weighted by Crippen LogP contribution is 2.16. The Bertz CT molecular complexity index is 777. The van der Waals surface area contributed by atoms with Crippen molar-refractivity contribution in [2.24, 2.45) is 0 Å². The summed E-state index contributed by atoms with van der Waals surface area (Å²) in [5.41, 5.74) is 3.81. The molecule has 26 heavy (non-hydrogen) atoms. The highest BCUT2D eigenvalue weighted by molar-refractivity contribution is 5.76. The van der Waals surface area contributed by atoms with E-state index in [-0.39, 0.29) is 5.91 Å². The molecule has 0 bridgehead atoms. The first-order valence-electron chi connectivity index (χ1n) is 8.97. The average Bonchev–Trinajstić information content (AvgIpc) is 2.99. The predicted molar refractivity (Wildman–Crippen MR) is 97.3 cm³/mol. The first-order valence-corrected chi connectivity index (χ1v) is 8.97. The summed E-state index contributed by atoms with van der Waals surface area (Å²) in [5, 5.41) is 12.8. The van der Waals surface area contributed by atoms with E-state index in [2.05, 4.69) is 16.1 Å². The highest BCUT2D eigenvalue weighted by atomic mass is 16.5. The topological polar surface area (TPSA) is 73.4 Å². The molecule has 6 heteroatoms. The van der Waals surface area contributed by atoms with Gasteiger partial charge in [-0.15, -0.1) is 0 Å². The lowest BCUT2D eigenvalue weighted by Gasteiger charge is -2.34. The first kappa shape index (κ1) is 18.2. The maximum Gasteiger partial charge on any atom is 0.222 e. The second-order valence-corrected chi connectivity index (χ2v) is 6.77. The van der Waals surface area contributed by atoms with Gasteiger partial charge in [0.25, 0.3) is 0 Å². The van der Waals surface area contributed by atoms with E-state index < -0.39 is 0 Å². The summed E-state index contributed by atoms with van der Waals surface area (Å²) in [4.78, 5) is 16.8. The quantitative estimate of drug-likeness (QED) is 0.826. The maximum atomic E-state index is 12.5. The van der Waals surface area contributed by atoms with Crippen molar-refractivity contribution in [2.45, 2.75) is 33.2 Å². The zero-order chi connectivity index (χ0) is 18.5. The summed E-state index contributed by atoms with van der Waals surface area (Å²) in [6.45, 7) is 7.92. The maximum absolute atomic E-state index is 12.5. The molecular formula is C20H24N4O2. The number of hydrogen-bond donors (Lipinski definition) is 0. The molecule has 1 aliphatic rings. The van der Waals surface area contributed by atoms with Crippen molar-refractivity contribution in [3.8, 4) is 6.07 Å². The molecule has 1 aromatic carbocycles. The summed E-state index contributed by atoms with van der Waals surface area (Å²) in [6, 6.07) is 9.84. The number of carbonyl (C=O) groups is 1. The minimum atomic E-state index is 0.197. The minimum Gasteiger partial charge on any atom is -0.361 e. The van der Waals surface area contributed by atoms with Gasteiger partial charge >= 0.3 is 0 Å². The van der Waals surface area contributed by atoms with Gasteiger partial charge in [0, 0.05) is 44.7 Å². The Labute approximate surface area is 154 Å². The fraction of sp³-hybridized carbons (Fsp3) is 0.450. The predicted octanol–water partition coefficient (Wildman–Crippen LogP) is 2.44. The van der Waals surface area contributed by atoms with Crippen LogP contribution in [0.15, 0.2) is 28.8 Å². The third kappa shape index (κ3) is 4.30. The number of rotatable bonds is 5. The Morgan fingerprint density at radius 1 is 1.19 bits per heavy atom. The molecule has 136 valence electrons. The van der Waals surface area contributed by atoms with E-state index in [9.17, 15) is 4.79 Å².